The van der Waals surface area contributed by atoms with Crippen molar-refractivity contribution in [2.45, 2.75) is 38.5 Å². The third-order valence-electron chi connectivity index (χ3n) is 3.98. The Bertz CT molecular complexity index is 467. The van der Waals surface area contributed by atoms with Crippen LogP contribution in [0.5, 0.6) is 5.75 Å². The van der Waals surface area contributed by atoms with Gasteiger partial charge in [-0.1, -0.05) is 12.1 Å². The minimum absolute atomic E-state index is 0.202. The van der Waals surface area contributed by atoms with Crippen LogP contribution in [-0.4, -0.2) is 55.1 Å². The summed E-state index contributed by atoms with van der Waals surface area (Å²) in [6.07, 6.45) is -0.792. The molecule has 2 atom stereocenters. The maximum Gasteiger partial charge on any atom is 0.168 e. The van der Waals surface area contributed by atoms with E-state index in [4.69, 9.17) is 9.47 Å². The second kappa shape index (κ2) is 7.20. The van der Waals surface area contributed by atoms with E-state index in [0.717, 1.165) is 6.54 Å². The van der Waals surface area contributed by atoms with Gasteiger partial charge in [0.25, 0.3) is 0 Å². The SMILES string of the molecule is COc1cccc(CC(O)C2CN(C(C)C)CCO2)c1F. The average Bonchev–Trinajstić information content (AvgIpc) is 2.49. The van der Waals surface area contributed by atoms with Crippen LogP contribution < -0.4 is 4.74 Å². The van der Waals surface area contributed by atoms with Crippen molar-refractivity contribution in [2.75, 3.05) is 26.8 Å². The highest BCUT2D eigenvalue weighted by Crippen LogP contribution is 2.22. The molecule has 4 nitrogen and oxygen atoms in total. The fraction of sp³-hybridized carbons (Fsp3) is 0.625. The molecule has 1 aromatic carbocycles. The van der Waals surface area contributed by atoms with E-state index in [1.807, 2.05) is 0 Å². The number of hydrogen-bond acceptors (Lipinski definition) is 4. The number of ether oxygens (including phenoxy) is 2. The summed E-state index contributed by atoms with van der Waals surface area (Å²) >= 11 is 0. The Balaban J connectivity index is 2.02. The van der Waals surface area contributed by atoms with Crippen molar-refractivity contribution >= 4 is 0 Å². The first-order valence-corrected chi connectivity index (χ1v) is 7.38. The van der Waals surface area contributed by atoms with Crippen molar-refractivity contribution in [1.29, 1.82) is 0 Å². The molecule has 5 heteroatoms. The lowest BCUT2D eigenvalue weighted by atomic mass is 10.0. The Morgan fingerprint density at radius 1 is 1.48 bits per heavy atom. The van der Waals surface area contributed by atoms with Gasteiger partial charge >= 0.3 is 0 Å². The number of aliphatic hydroxyl groups is 1. The highest BCUT2D eigenvalue weighted by molar-refractivity contribution is 5.31. The minimum Gasteiger partial charge on any atom is -0.494 e. The smallest absolute Gasteiger partial charge is 0.168 e. The van der Waals surface area contributed by atoms with Crippen LogP contribution in [0.3, 0.4) is 0 Å². The molecule has 0 bridgehead atoms. The molecule has 1 saturated heterocycles. The fourth-order valence-electron chi connectivity index (χ4n) is 2.63. The lowest BCUT2D eigenvalue weighted by Gasteiger charge is -2.37. The molecule has 0 radical (unpaired) electrons. The lowest BCUT2D eigenvalue weighted by Crippen LogP contribution is -2.50. The van der Waals surface area contributed by atoms with Gasteiger partial charge in [0.2, 0.25) is 0 Å². The van der Waals surface area contributed by atoms with Crippen molar-refractivity contribution in [1.82, 2.24) is 4.90 Å². The number of hydrogen-bond donors (Lipinski definition) is 1. The van der Waals surface area contributed by atoms with Gasteiger partial charge in [0.15, 0.2) is 11.6 Å². The first kappa shape index (κ1) is 16.2. The van der Waals surface area contributed by atoms with Gasteiger partial charge in [0.1, 0.15) is 0 Å². The summed E-state index contributed by atoms with van der Waals surface area (Å²) in [5, 5.41) is 10.4. The zero-order chi connectivity index (χ0) is 15.4. The van der Waals surface area contributed by atoms with Crippen molar-refractivity contribution in [3.8, 4) is 5.75 Å². The van der Waals surface area contributed by atoms with E-state index in [2.05, 4.69) is 18.7 Å². The largest absolute Gasteiger partial charge is 0.494 e. The maximum absolute atomic E-state index is 14.1. The number of morpholine rings is 1. The molecular weight excluding hydrogens is 273 g/mol. The van der Waals surface area contributed by atoms with Crippen molar-refractivity contribution in [3.63, 3.8) is 0 Å². The van der Waals surface area contributed by atoms with Gasteiger partial charge in [-0.15, -0.1) is 0 Å². The Hall–Kier alpha value is -1.17. The molecule has 2 unspecified atom stereocenters. The van der Waals surface area contributed by atoms with E-state index in [0.29, 0.717) is 24.8 Å². The molecule has 0 spiro atoms. The van der Waals surface area contributed by atoms with Crippen LogP contribution in [0.15, 0.2) is 18.2 Å². The Morgan fingerprint density at radius 3 is 2.90 bits per heavy atom. The first-order chi connectivity index (χ1) is 10.0. The monoisotopic (exact) mass is 297 g/mol. The number of aliphatic hydroxyl groups excluding tert-OH is 1. The molecule has 1 aliphatic heterocycles. The summed E-state index contributed by atoms with van der Waals surface area (Å²) in [6, 6.07) is 5.39. The number of rotatable bonds is 5. The molecule has 1 heterocycles. The first-order valence-electron chi connectivity index (χ1n) is 7.38. The van der Waals surface area contributed by atoms with Gasteiger partial charge in [0.05, 0.1) is 25.9 Å². The van der Waals surface area contributed by atoms with Crippen LogP contribution in [0, 0.1) is 5.82 Å². The van der Waals surface area contributed by atoms with Gasteiger partial charge in [-0.3, -0.25) is 4.90 Å². The van der Waals surface area contributed by atoms with E-state index in [1.165, 1.54) is 7.11 Å². The molecule has 0 saturated carbocycles. The lowest BCUT2D eigenvalue weighted by molar-refractivity contribution is -0.0942. The summed E-state index contributed by atoms with van der Waals surface area (Å²) in [4.78, 5) is 2.26. The summed E-state index contributed by atoms with van der Waals surface area (Å²) in [6.45, 7) is 6.38. The molecule has 118 valence electrons. The molecule has 0 amide bonds. The van der Waals surface area contributed by atoms with E-state index in [9.17, 15) is 9.50 Å². The molecule has 21 heavy (non-hydrogen) atoms. The molecule has 1 N–H and O–H groups in total. The highest BCUT2D eigenvalue weighted by atomic mass is 19.1. The van der Waals surface area contributed by atoms with E-state index in [-0.39, 0.29) is 18.3 Å². The Kier molecular flexibility index (Phi) is 5.56. The summed E-state index contributed by atoms with van der Waals surface area (Å²) in [5.41, 5.74) is 0.451. The Labute approximate surface area is 125 Å². The van der Waals surface area contributed by atoms with Gasteiger partial charge in [-0.05, 0) is 25.5 Å². The normalized spacial score (nSPS) is 21.5. The molecule has 0 aliphatic carbocycles. The summed E-state index contributed by atoms with van der Waals surface area (Å²) in [7, 11) is 1.43. The van der Waals surface area contributed by atoms with Gasteiger partial charge in [-0.25, -0.2) is 4.39 Å². The third-order valence-corrected chi connectivity index (χ3v) is 3.98. The van der Waals surface area contributed by atoms with Crippen LogP contribution in [-0.2, 0) is 11.2 Å². The quantitative estimate of drug-likeness (QED) is 0.900. The zero-order valence-electron chi connectivity index (χ0n) is 12.9. The maximum atomic E-state index is 14.1. The second-order valence-corrected chi connectivity index (χ2v) is 5.70. The highest BCUT2D eigenvalue weighted by Gasteiger charge is 2.28. The van der Waals surface area contributed by atoms with Crippen LogP contribution >= 0.6 is 0 Å². The molecule has 1 aliphatic rings. The molecule has 2 rings (SSSR count). The molecule has 0 aromatic heterocycles. The van der Waals surface area contributed by atoms with Gasteiger partial charge in [-0.2, -0.15) is 0 Å². The van der Waals surface area contributed by atoms with Crippen molar-refractivity contribution in [2.24, 2.45) is 0 Å². The van der Waals surface area contributed by atoms with E-state index >= 15 is 0 Å². The van der Waals surface area contributed by atoms with Crippen LogP contribution in [0.4, 0.5) is 4.39 Å². The molecule has 1 aromatic rings. The van der Waals surface area contributed by atoms with Crippen LogP contribution in [0.1, 0.15) is 19.4 Å². The average molecular weight is 297 g/mol. The van der Waals surface area contributed by atoms with Crippen molar-refractivity contribution < 1.29 is 19.0 Å². The number of nitrogens with zero attached hydrogens (tertiary/aromatic N) is 1. The zero-order valence-corrected chi connectivity index (χ0v) is 12.9. The number of benzene rings is 1. The number of halogens is 1. The molecular formula is C16H24FNO3. The van der Waals surface area contributed by atoms with Crippen LogP contribution in [0.25, 0.3) is 0 Å². The summed E-state index contributed by atoms with van der Waals surface area (Å²) < 4.78 is 24.7. The third kappa shape index (κ3) is 3.93. The Morgan fingerprint density at radius 2 is 2.24 bits per heavy atom. The van der Waals surface area contributed by atoms with Gasteiger partial charge in [0, 0.05) is 25.6 Å². The number of methoxy groups -OCH3 is 1. The van der Waals surface area contributed by atoms with Crippen molar-refractivity contribution in [3.05, 3.63) is 29.6 Å². The predicted molar refractivity (Wildman–Crippen MR) is 79.1 cm³/mol. The second-order valence-electron chi connectivity index (χ2n) is 5.70. The van der Waals surface area contributed by atoms with Gasteiger partial charge < -0.3 is 14.6 Å². The summed E-state index contributed by atoms with van der Waals surface area (Å²) in [5.74, 6) is -0.205. The minimum atomic E-state index is -0.729. The van der Waals surface area contributed by atoms with E-state index in [1.54, 1.807) is 18.2 Å². The van der Waals surface area contributed by atoms with E-state index < -0.39 is 11.9 Å². The molecule has 1 fully saturated rings. The fourth-order valence-corrected chi connectivity index (χ4v) is 2.63. The standard InChI is InChI=1S/C16H24FNO3/c1-11(2)18-7-8-21-15(10-18)13(19)9-12-5-4-6-14(20-3)16(12)17/h4-6,11,13,15,19H,7-10H2,1-3H3. The predicted octanol–water partition coefficient (Wildman–Crippen LogP) is 1.85. The van der Waals surface area contributed by atoms with Crippen LogP contribution in [0.2, 0.25) is 0 Å². The topological polar surface area (TPSA) is 41.9 Å².